The number of halogens is 1. The maximum Gasteiger partial charge on any atom is 0.335 e. The fraction of sp³-hybridized carbons (Fsp3) is 0.0870. The number of thiophene rings is 1. The number of sulfone groups is 1. The summed E-state index contributed by atoms with van der Waals surface area (Å²) in [6.07, 6.45) is 1.46. The molecule has 7 heteroatoms. The Balaban J connectivity index is 1.76. The minimum atomic E-state index is -3.50. The van der Waals surface area contributed by atoms with E-state index in [0.717, 1.165) is 38.4 Å². The van der Waals surface area contributed by atoms with Gasteiger partial charge < -0.3 is 5.11 Å². The van der Waals surface area contributed by atoms with Gasteiger partial charge in [0.05, 0.1) is 10.5 Å². The SMILES string of the molecule is CS(=O)(=O)c1cc(F)cc(Cc2cc3cccc(-c4cccc(C(=O)O)c4)c3s2)c1. The minimum absolute atomic E-state index is 0.0372. The number of carboxylic acid groups (broad SMARTS) is 1. The molecular formula is C23H17FO4S2. The molecule has 4 nitrogen and oxygen atoms in total. The number of rotatable bonds is 5. The number of fused-ring (bicyclic) bond motifs is 1. The van der Waals surface area contributed by atoms with Crippen molar-refractivity contribution in [2.45, 2.75) is 11.3 Å². The zero-order valence-corrected chi connectivity index (χ0v) is 17.6. The Kier molecular flexibility index (Phi) is 5.17. The monoisotopic (exact) mass is 440 g/mol. The van der Waals surface area contributed by atoms with Crippen molar-refractivity contribution in [3.05, 3.63) is 88.6 Å². The Morgan fingerprint density at radius 3 is 2.53 bits per heavy atom. The maximum atomic E-state index is 13.9. The van der Waals surface area contributed by atoms with Crippen molar-refractivity contribution in [1.82, 2.24) is 0 Å². The molecule has 0 aliphatic heterocycles. The van der Waals surface area contributed by atoms with Crippen LogP contribution in [0.5, 0.6) is 0 Å². The molecular weight excluding hydrogens is 423 g/mol. The fourth-order valence-corrected chi connectivity index (χ4v) is 5.31. The molecule has 0 amide bonds. The van der Waals surface area contributed by atoms with Gasteiger partial charge in [-0.25, -0.2) is 17.6 Å². The van der Waals surface area contributed by atoms with Gasteiger partial charge in [-0.15, -0.1) is 11.3 Å². The smallest absolute Gasteiger partial charge is 0.335 e. The number of hydrogen-bond donors (Lipinski definition) is 1. The second kappa shape index (κ2) is 7.66. The van der Waals surface area contributed by atoms with Gasteiger partial charge in [0.1, 0.15) is 5.82 Å². The number of aromatic carboxylic acids is 1. The summed E-state index contributed by atoms with van der Waals surface area (Å²) in [6, 6.07) is 18.4. The normalized spacial score (nSPS) is 11.7. The van der Waals surface area contributed by atoms with Crippen molar-refractivity contribution in [1.29, 1.82) is 0 Å². The molecule has 30 heavy (non-hydrogen) atoms. The van der Waals surface area contributed by atoms with Gasteiger partial charge in [0.25, 0.3) is 0 Å². The number of carboxylic acids is 1. The highest BCUT2D eigenvalue weighted by molar-refractivity contribution is 7.90. The first-order chi connectivity index (χ1) is 14.2. The highest BCUT2D eigenvalue weighted by Gasteiger charge is 2.14. The van der Waals surface area contributed by atoms with E-state index in [-0.39, 0.29) is 10.5 Å². The Bertz CT molecular complexity index is 1390. The van der Waals surface area contributed by atoms with Crippen molar-refractivity contribution >= 4 is 37.2 Å². The zero-order chi connectivity index (χ0) is 21.5. The number of benzene rings is 3. The van der Waals surface area contributed by atoms with E-state index < -0.39 is 21.6 Å². The van der Waals surface area contributed by atoms with Gasteiger partial charge in [0.2, 0.25) is 0 Å². The zero-order valence-electron chi connectivity index (χ0n) is 15.9. The molecule has 1 heterocycles. The van der Waals surface area contributed by atoms with Gasteiger partial charge in [0.15, 0.2) is 9.84 Å². The van der Waals surface area contributed by atoms with E-state index in [1.54, 1.807) is 18.2 Å². The van der Waals surface area contributed by atoms with Crippen LogP contribution in [0.2, 0.25) is 0 Å². The maximum absolute atomic E-state index is 13.9. The third-order valence-electron chi connectivity index (χ3n) is 4.75. The van der Waals surface area contributed by atoms with Crippen LogP contribution in [-0.2, 0) is 16.3 Å². The Hall–Kier alpha value is -3.03. The van der Waals surface area contributed by atoms with Crippen molar-refractivity contribution < 1.29 is 22.7 Å². The summed E-state index contributed by atoms with van der Waals surface area (Å²) in [5.41, 5.74) is 2.52. The fourth-order valence-electron chi connectivity index (χ4n) is 3.39. The van der Waals surface area contributed by atoms with Gasteiger partial charge >= 0.3 is 5.97 Å². The minimum Gasteiger partial charge on any atom is -0.478 e. The summed E-state index contributed by atoms with van der Waals surface area (Å²) < 4.78 is 38.5. The molecule has 0 saturated carbocycles. The van der Waals surface area contributed by atoms with Gasteiger partial charge in [-0.1, -0.05) is 30.3 Å². The second-order valence-corrected chi connectivity index (χ2v) is 10.2. The molecule has 0 aliphatic rings. The molecule has 1 N–H and O–H groups in total. The summed E-state index contributed by atoms with van der Waals surface area (Å²) >= 11 is 1.53. The molecule has 0 bridgehead atoms. The predicted octanol–water partition coefficient (Wildman–Crippen LogP) is 5.40. The Morgan fingerprint density at radius 1 is 1.03 bits per heavy atom. The molecule has 0 saturated heterocycles. The van der Waals surface area contributed by atoms with Gasteiger partial charge in [-0.3, -0.25) is 0 Å². The molecule has 4 rings (SSSR count). The predicted molar refractivity (Wildman–Crippen MR) is 117 cm³/mol. The topological polar surface area (TPSA) is 71.4 Å². The molecule has 4 aromatic rings. The lowest BCUT2D eigenvalue weighted by molar-refractivity contribution is 0.0697. The molecule has 152 valence electrons. The van der Waals surface area contributed by atoms with Gasteiger partial charge in [-0.05, 0) is 58.5 Å². The Labute approximate surface area is 177 Å². The summed E-state index contributed by atoms with van der Waals surface area (Å²) in [7, 11) is -3.50. The van der Waals surface area contributed by atoms with E-state index in [1.165, 1.54) is 23.5 Å². The van der Waals surface area contributed by atoms with Crippen LogP contribution < -0.4 is 0 Å². The summed E-state index contributed by atoms with van der Waals surface area (Å²) in [5, 5.41) is 10.3. The van der Waals surface area contributed by atoms with Crippen LogP contribution in [0.25, 0.3) is 21.2 Å². The van der Waals surface area contributed by atoms with Crippen LogP contribution in [0, 0.1) is 5.82 Å². The number of hydrogen-bond acceptors (Lipinski definition) is 4. The molecule has 0 atom stereocenters. The largest absolute Gasteiger partial charge is 0.478 e. The van der Waals surface area contributed by atoms with Crippen molar-refractivity contribution in [3.8, 4) is 11.1 Å². The van der Waals surface area contributed by atoms with E-state index in [4.69, 9.17) is 0 Å². The van der Waals surface area contributed by atoms with Crippen molar-refractivity contribution in [2.75, 3.05) is 6.26 Å². The standard InChI is InChI=1S/C23H17FO4S2/c1-30(27,28)20-10-14(8-18(24)13-20)9-19-12-16-5-3-7-21(22(16)29-19)15-4-2-6-17(11-15)23(25)26/h2-8,10-13H,9H2,1H3,(H,25,26). The van der Waals surface area contributed by atoms with E-state index in [9.17, 15) is 22.7 Å². The first-order valence-electron chi connectivity index (χ1n) is 9.05. The molecule has 0 unspecified atom stereocenters. The van der Waals surface area contributed by atoms with Crippen LogP contribution in [0.15, 0.2) is 71.6 Å². The lowest BCUT2D eigenvalue weighted by Crippen LogP contribution is -1.99. The van der Waals surface area contributed by atoms with Gasteiger partial charge in [-0.2, -0.15) is 0 Å². The van der Waals surface area contributed by atoms with E-state index in [2.05, 4.69) is 0 Å². The highest BCUT2D eigenvalue weighted by Crippen LogP contribution is 2.36. The second-order valence-electron chi connectivity index (χ2n) is 7.07. The van der Waals surface area contributed by atoms with E-state index in [0.29, 0.717) is 12.0 Å². The third kappa shape index (κ3) is 4.13. The summed E-state index contributed by atoms with van der Waals surface area (Å²) in [4.78, 5) is 12.2. The lowest BCUT2D eigenvalue weighted by atomic mass is 10.0. The first-order valence-corrected chi connectivity index (χ1v) is 11.8. The van der Waals surface area contributed by atoms with Crippen molar-refractivity contribution in [3.63, 3.8) is 0 Å². The average Bonchev–Trinajstić information content (AvgIpc) is 3.09. The molecule has 3 aromatic carbocycles. The number of carbonyl (C=O) groups is 1. The van der Waals surface area contributed by atoms with Crippen molar-refractivity contribution in [2.24, 2.45) is 0 Å². The van der Waals surface area contributed by atoms with Crippen LogP contribution in [0.4, 0.5) is 4.39 Å². The molecule has 0 fully saturated rings. The first kappa shape index (κ1) is 20.3. The molecule has 0 aliphatic carbocycles. The van der Waals surface area contributed by atoms with Crippen LogP contribution in [-0.4, -0.2) is 25.7 Å². The average molecular weight is 441 g/mol. The molecule has 1 aromatic heterocycles. The molecule has 0 spiro atoms. The highest BCUT2D eigenvalue weighted by atomic mass is 32.2. The molecule has 0 radical (unpaired) electrons. The van der Waals surface area contributed by atoms with E-state index >= 15 is 0 Å². The van der Waals surface area contributed by atoms with Crippen LogP contribution in [0.3, 0.4) is 0 Å². The lowest BCUT2D eigenvalue weighted by Gasteiger charge is -2.05. The van der Waals surface area contributed by atoms with E-state index in [1.807, 2.05) is 30.3 Å². The summed E-state index contributed by atoms with van der Waals surface area (Å²) in [6.45, 7) is 0. The summed E-state index contributed by atoms with van der Waals surface area (Å²) in [5.74, 6) is -1.57. The third-order valence-corrected chi connectivity index (χ3v) is 7.03. The van der Waals surface area contributed by atoms with Gasteiger partial charge in [0, 0.05) is 22.3 Å². The Morgan fingerprint density at radius 2 is 1.80 bits per heavy atom. The quantitative estimate of drug-likeness (QED) is 0.451. The van der Waals surface area contributed by atoms with Crippen LogP contribution in [0.1, 0.15) is 20.8 Å². The van der Waals surface area contributed by atoms with Crippen LogP contribution >= 0.6 is 11.3 Å².